The third-order valence-corrected chi connectivity index (χ3v) is 5.69. The Bertz CT molecular complexity index is 972. The van der Waals surface area contributed by atoms with Crippen molar-refractivity contribution >= 4 is 22.2 Å². The second-order valence-electron chi connectivity index (χ2n) is 6.49. The zero-order valence-corrected chi connectivity index (χ0v) is 15.3. The minimum Gasteiger partial charge on any atom is -0.295 e. The largest absolute Gasteiger partial charge is 0.295 e. The lowest BCUT2D eigenvalue weighted by molar-refractivity contribution is 0.253. The van der Waals surface area contributed by atoms with Crippen molar-refractivity contribution in [3.8, 4) is 10.4 Å². The van der Waals surface area contributed by atoms with E-state index in [4.69, 9.17) is 0 Å². The molecule has 4 rings (SSSR count). The maximum atomic E-state index is 4.10. The van der Waals surface area contributed by atoms with Crippen molar-refractivity contribution in [1.82, 2.24) is 15.1 Å². The molecular formula is C21H21N3S. The Hall–Kier alpha value is -2.43. The van der Waals surface area contributed by atoms with Gasteiger partial charge in [-0.15, -0.1) is 11.3 Å². The van der Waals surface area contributed by atoms with Crippen molar-refractivity contribution < 1.29 is 0 Å². The van der Waals surface area contributed by atoms with Gasteiger partial charge >= 0.3 is 0 Å². The van der Waals surface area contributed by atoms with E-state index >= 15 is 0 Å². The first kappa shape index (κ1) is 16.1. The molecule has 3 nitrogen and oxygen atoms in total. The van der Waals surface area contributed by atoms with E-state index in [1.54, 1.807) is 11.3 Å². The first-order valence-electron chi connectivity index (χ1n) is 8.47. The first-order chi connectivity index (χ1) is 12.2. The van der Waals surface area contributed by atoms with E-state index in [2.05, 4.69) is 89.0 Å². The van der Waals surface area contributed by atoms with Crippen molar-refractivity contribution in [3.63, 3.8) is 0 Å². The highest BCUT2D eigenvalue weighted by molar-refractivity contribution is 7.13. The van der Waals surface area contributed by atoms with Crippen LogP contribution in [0.4, 0.5) is 0 Å². The molecule has 2 aromatic carbocycles. The van der Waals surface area contributed by atoms with Gasteiger partial charge in [-0.2, -0.15) is 5.10 Å². The number of hydrogen-bond acceptors (Lipinski definition) is 3. The summed E-state index contributed by atoms with van der Waals surface area (Å²) in [5, 5.41) is 10.4. The predicted molar refractivity (Wildman–Crippen MR) is 106 cm³/mol. The summed E-state index contributed by atoms with van der Waals surface area (Å²) in [4.78, 5) is 3.70. The highest BCUT2D eigenvalue weighted by Crippen LogP contribution is 2.29. The first-order valence-corrected chi connectivity index (χ1v) is 9.35. The topological polar surface area (TPSA) is 31.9 Å². The summed E-state index contributed by atoms with van der Waals surface area (Å²) in [6.45, 7) is 3.17. The molecule has 1 N–H and O–H groups in total. The van der Waals surface area contributed by atoms with Gasteiger partial charge in [0.25, 0.3) is 0 Å². The maximum absolute atomic E-state index is 4.10. The normalized spacial score (nSPS) is 12.8. The zero-order chi connectivity index (χ0) is 17.2. The van der Waals surface area contributed by atoms with Gasteiger partial charge in [-0.25, -0.2) is 0 Å². The van der Waals surface area contributed by atoms with Crippen molar-refractivity contribution in [3.05, 3.63) is 77.3 Å². The molecule has 0 spiro atoms. The number of H-pyrrole nitrogens is 1. The summed E-state index contributed by atoms with van der Waals surface area (Å²) in [5.41, 5.74) is 5.03. The van der Waals surface area contributed by atoms with E-state index in [-0.39, 0.29) is 0 Å². The lowest BCUT2D eigenvalue weighted by Crippen LogP contribution is -2.21. The van der Waals surface area contributed by atoms with Gasteiger partial charge in [-0.1, -0.05) is 36.4 Å². The minimum atomic E-state index is 0.345. The molecule has 2 heterocycles. The Morgan fingerprint density at radius 2 is 2.04 bits per heavy atom. The number of fused-ring (bicyclic) bond motifs is 1. The van der Waals surface area contributed by atoms with E-state index in [1.165, 1.54) is 21.6 Å². The summed E-state index contributed by atoms with van der Waals surface area (Å²) in [7, 11) is 2.18. The van der Waals surface area contributed by atoms with Crippen LogP contribution < -0.4 is 0 Å². The van der Waals surface area contributed by atoms with E-state index in [0.29, 0.717) is 6.04 Å². The summed E-state index contributed by atoms with van der Waals surface area (Å²) in [6, 6.07) is 20.0. The van der Waals surface area contributed by atoms with Gasteiger partial charge in [0.15, 0.2) is 0 Å². The maximum Gasteiger partial charge on any atom is 0.0653 e. The van der Waals surface area contributed by atoms with Crippen LogP contribution in [-0.2, 0) is 6.54 Å². The minimum absolute atomic E-state index is 0.345. The quantitative estimate of drug-likeness (QED) is 0.518. The number of rotatable bonds is 5. The van der Waals surface area contributed by atoms with E-state index in [9.17, 15) is 0 Å². The van der Waals surface area contributed by atoms with Gasteiger partial charge in [0.05, 0.1) is 11.7 Å². The van der Waals surface area contributed by atoms with Crippen LogP contribution in [0.3, 0.4) is 0 Å². The van der Waals surface area contributed by atoms with Crippen molar-refractivity contribution in [2.45, 2.75) is 19.5 Å². The molecule has 0 bridgehead atoms. The lowest BCUT2D eigenvalue weighted by Gasteiger charge is -2.25. The fourth-order valence-electron chi connectivity index (χ4n) is 3.16. The number of aromatic amines is 1. The van der Waals surface area contributed by atoms with Crippen LogP contribution in [0.15, 0.2) is 66.2 Å². The number of thiophene rings is 1. The second kappa shape index (κ2) is 6.82. The molecule has 0 aliphatic heterocycles. The molecule has 0 saturated heterocycles. The Kier molecular flexibility index (Phi) is 4.38. The molecule has 0 unspecified atom stereocenters. The fourth-order valence-corrected chi connectivity index (χ4v) is 3.88. The number of benzene rings is 2. The van der Waals surface area contributed by atoms with Crippen LogP contribution in [0, 0.1) is 0 Å². The number of nitrogens with one attached hydrogen (secondary N) is 1. The molecule has 2 aromatic heterocycles. The molecule has 0 saturated carbocycles. The summed E-state index contributed by atoms with van der Waals surface area (Å²) >= 11 is 1.79. The smallest absolute Gasteiger partial charge is 0.0653 e. The van der Waals surface area contributed by atoms with Crippen molar-refractivity contribution in [1.29, 1.82) is 0 Å². The zero-order valence-electron chi connectivity index (χ0n) is 14.4. The van der Waals surface area contributed by atoms with Gasteiger partial charge in [0.1, 0.15) is 0 Å². The van der Waals surface area contributed by atoms with Gasteiger partial charge in [-0.05, 0) is 54.2 Å². The van der Waals surface area contributed by atoms with Crippen LogP contribution in [0.5, 0.6) is 0 Å². The highest BCUT2D eigenvalue weighted by Gasteiger charge is 2.13. The molecular weight excluding hydrogens is 326 g/mol. The predicted octanol–water partition coefficient (Wildman–Crippen LogP) is 5.48. The monoisotopic (exact) mass is 347 g/mol. The summed E-state index contributed by atoms with van der Waals surface area (Å²) in [6.07, 6.45) is 1.86. The number of nitrogens with zero attached hydrogens (tertiary/aromatic N) is 2. The number of hydrogen-bond donors (Lipinski definition) is 1. The van der Waals surface area contributed by atoms with Crippen LogP contribution in [0.25, 0.3) is 21.3 Å². The summed E-state index contributed by atoms with van der Waals surface area (Å²) in [5.74, 6) is 0. The Morgan fingerprint density at radius 1 is 1.12 bits per heavy atom. The third kappa shape index (κ3) is 3.36. The molecule has 4 heteroatoms. The molecule has 25 heavy (non-hydrogen) atoms. The molecule has 1 atom stereocenters. The Labute approximate surface area is 151 Å². The molecule has 4 aromatic rings. The molecule has 0 radical (unpaired) electrons. The van der Waals surface area contributed by atoms with Crippen LogP contribution >= 0.6 is 11.3 Å². The lowest BCUT2D eigenvalue weighted by atomic mass is 10.0. The number of aromatic nitrogens is 2. The average molecular weight is 347 g/mol. The Balaban J connectivity index is 1.53. The second-order valence-corrected chi connectivity index (χ2v) is 7.43. The van der Waals surface area contributed by atoms with Gasteiger partial charge in [0.2, 0.25) is 0 Å². The fraction of sp³-hybridized carbons (Fsp3) is 0.190. The average Bonchev–Trinajstić information content (AvgIpc) is 3.32. The van der Waals surface area contributed by atoms with Gasteiger partial charge < -0.3 is 0 Å². The van der Waals surface area contributed by atoms with Crippen LogP contribution in [-0.4, -0.2) is 22.1 Å². The third-order valence-electron chi connectivity index (χ3n) is 4.77. The standard InChI is InChI=1S/C21H21N3S/c1-15(17-5-3-6-18(12-17)21-7-4-10-25-21)24(2)14-16-8-9-19-13-22-23-20(19)11-16/h3-13,15H,14H2,1-2H3,(H,22,23)/t15-/m1/s1. The van der Waals surface area contributed by atoms with Crippen LogP contribution in [0.1, 0.15) is 24.1 Å². The molecule has 126 valence electrons. The van der Waals surface area contributed by atoms with E-state index in [0.717, 1.165) is 17.4 Å². The SMILES string of the molecule is C[C@H](c1cccc(-c2cccs2)c1)N(C)Cc1ccc2cn[nH]c2c1. The van der Waals surface area contributed by atoms with Crippen LogP contribution in [0.2, 0.25) is 0 Å². The highest BCUT2D eigenvalue weighted by atomic mass is 32.1. The van der Waals surface area contributed by atoms with Crippen molar-refractivity contribution in [2.24, 2.45) is 0 Å². The molecule has 0 amide bonds. The van der Waals surface area contributed by atoms with E-state index in [1.807, 2.05) is 6.20 Å². The molecule has 0 aliphatic rings. The molecule has 0 fully saturated rings. The summed E-state index contributed by atoms with van der Waals surface area (Å²) < 4.78 is 0. The molecule has 0 aliphatic carbocycles. The van der Waals surface area contributed by atoms with Gasteiger partial charge in [-0.3, -0.25) is 10.00 Å². The van der Waals surface area contributed by atoms with Gasteiger partial charge in [0, 0.05) is 22.8 Å². The van der Waals surface area contributed by atoms with E-state index < -0.39 is 0 Å². The Morgan fingerprint density at radius 3 is 2.88 bits per heavy atom. The van der Waals surface area contributed by atoms with Crippen molar-refractivity contribution in [2.75, 3.05) is 7.05 Å².